The van der Waals surface area contributed by atoms with Gasteiger partial charge in [-0.15, -0.1) is 0 Å². The van der Waals surface area contributed by atoms with Gasteiger partial charge in [0, 0.05) is 17.7 Å². The van der Waals surface area contributed by atoms with Gasteiger partial charge in [-0.1, -0.05) is 18.5 Å². The molecule has 64 valence electrons. The van der Waals surface area contributed by atoms with Gasteiger partial charge in [0.15, 0.2) is 5.78 Å². The molecule has 0 fully saturated rings. The molecule has 0 aromatic heterocycles. The van der Waals surface area contributed by atoms with Crippen LogP contribution in [-0.4, -0.2) is 5.78 Å². The lowest BCUT2D eigenvalue weighted by Crippen LogP contribution is -1.98. The highest BCUT2D eigenvalue weighted by Crippen LogP contribution is 2.19. The van der Waals surface area contributed by atoms with Crippen molar-refractivity contribution in [3.63, 3.8) is 0 Å². The van der Waals surface area contributed by atoms with Crippen LogP contribution in [0.2, 0.25) is 5.02 Å². The van der Waals surface area contributed by atoms with Crippen molar-refractivity contribution in [3.05, 3.63) is 28.8 Å². The number of anilines is 1. The number of rotatable bonds is 2. The topological polar surface area (TPSA) is 43.1 Å². The number of Topliss-reactive ketones (excluding diaryl/α,β-unsaturated/α-hetero) is 1. The van der Waals surface area contributed by atoms with E-state index in [0.29, 0.717) is 22.7 Å². The van der Waals surface area contributed by atoms with Gasteiger partial charge in [0.05, 0.1) is 5.02 Å². The van der Waals surface area contributed by atoms with E-state index in [1.165, 1.54) is 0 Å². The van der Waals surface area contributed by atoms with Gasteiger partial charge in [0.25, 0.3) is 0 Å². The van der Waals surface area contributed by atoms with Crippen LogP contribution >= 0.6 is 11.6 Å². The van der Waals surface area contributed by atoms with Crippen LogP contribution in [0.3, 0.4) is 0 Å². The van der Waals surface area contributed by atoms with E-state index in [-0.39, 0.29) is 5.78 Å². The number of halogens is 1. The molecule has 0 saturated heterocycles. The number of nitrogens with two attached hydrogens (primary N) is 1. The Morgan fingerprint density at radius 1 is 1.58 bits per heavy atom. The molecule has 1 aromatic rings. The van der Waals surface area contributed by atoms with E-state index < -0.39 is 0 Å². The quantitative estimate of drug-likeness (QED) is 0.566. The zero-order valence-electron chi connectivity index (χ0n) is 6.80. The van der Waals surface area contributed by atoms with Gasteiger partial charge in [-0.25, -0.2) is 0 Å². The van der Waals surface area contributed by atoms with E-state index in [1.54, 1.807) is 25.1 Å². The Kier molecular flexibility index (Phi) is 2.71. The normalized spacial score (nSPS) is 9.83. The van der Waals surface area contributed by atoms with Gasteiger partial charge in [-0.3, -0.25) is 4.79 Å². The number of hydrogen-bond acceptors (Lipinski definition) is 2. The molecule has 1 aromatic carbocycles. The van der Waals surface area contributed by atoms with E-state index in [2.05, 4.69) is 0 Å². The summed E-state index contributed by atoms with van der Waals surface area (Å²) in [7, 11) is 0. The minimum atomic E-state index is 0.0206. The fourth-order valence-corrected chi connectivity index (χ4v) is 1.17. The van der Waals surface area contributed by atoms with Gasteiger partial charge in [0.1, 0.15) is 0 Å². The van der Waals surface area contributed by atoms with Crippen molar-refractivity contribution >= 4 is 23.1 Å². The van der Waals surface area contributed by atoms with E-state index in [9.17, 15) is 4.79 Å². The van der Waals surface area contributed by atoms with Crippen molar-refractivity contribution in [2.45, 2.75) is 13.3 Å². The van der Waals surface area contributed by atoms with Gasteiger partial charge < -0.3 is 5.73 Å². The molecule has 0 heterocycles. The molecule has 0 radical (unpaired) electrons. The summed E-state index contributed by atoms with van der Waals surface area (Å²) < 4.78 is 0. The highest BCUT2D eigenvalue weighted by molar-refractivity contribution is 6.34. The van der Waals surface area contributed by atoms with Crippen LogP contribution in [0.1, 0.15) is 23.7 Å². The number of hydrogen-bond donors (Lipinski definition) is 1. The standard InChI is InChI=1S/C9H10ClNO/c1-2-9(12)7-5-6(11)3-4-8(7)10/h3-5H,2,11H2,1H3. The zero-order valence-corrected chi connectivity index (χ0v) is 7.56. The van der Waals surface area contributed by atoms with Crippen LogP contribution in [0, 0.1) is 0 Å². The Hall–Kier alpha value is -1.02. The van der Waals surface area contributed by atoms with E-state index in [0.717, 1.165) is 0 Å². The maximum Gasteiger partial charge on any atom is 0.164 e. The Morgan fingerprint density at radius 2 is 2.25 bits per heavy atom. The Labute approximate surface area is 76.3 Å². The third kappa shape index (κ3) is 1.77. The molecule has 2 N–H and O–H groups in total. The van der Waals surface area contributed by atoms with Crippen molar-refractivity contribution in [1.82, 2.24) is 0 Å². The average Bonchev–Trinajstić information content (AvgIpc) is 2.08. The summed E-state index contributed by atoms with van der Waals surface area (Å²) >= 11 is 5.79. The first-order chi connectivity index (χ1) is 5.65. The summed E-state index contributed by atoms with van der Waals surface area (Å²) in [6, 6.07) is 4.92. The number of carbonyl (C=O) groups excluding carboxylic acids is 1. The minimum Gasteiger partial charge on any atom is -0.399 e. The molecular weight excluding hydrogens is 174 g/mol. The summed E-state index contributed by atoms with van der Waals surface area (Å²) in [6.45, 7) is 1.79. The van der Waals surface area contributed by atoms with Crippen molar-refractivity contribution in [1.29, 1.82) is 0 Å². The van der Waals surface area contributed by atoms with E-state index >= 15 is 0 Å². The molecule has 0 atom stereocenters. The minimum absolute atomic E-state index is 0.0206. The molecule has 0 aliphatic rings. The van der Waals surface area contributed by atoms with Crippen molar-refractivity contribution in [2.24, 2.45) is 0 Å². The van der Waals surface area contributed by atoms with Gasteiger partial charge in [-0.2, -0.15) is 0 Å². The van der Waals surface area contributed by atoms with Crippen LogP contribution in [-0.2, 0) is 0 Å². The molecule has 0 amide bonds. The van der Waals surface area contributed by atoms with Gasteiger partial charge in [0.2, 0.25) is 0 Å². The second kappa shape index (κ2) is 3.59. The summed E-state index contributed by atoms with van der Waals surface area (Å²) in [4.78, 5) is 11.2. The van der Waals surface area contributed by atoms with Gasteiger partial charge >= 0.3 is 0 Å². The third-order valence-electron chi connectivity index (χ3n) is 1.61. The lowest BCUT2D eigenvalue weighted by atomic mass is 10.1. The molecule has 2 nitrogen and oxygen atoms in total. The first kappa shape index (κ1) is 9.07. The predicted molar refractivity (Wildman–Crippen MR) is 50.5 cm³/mol. The highest BCUT2D eigenvalue weighted by Gasteiger charge is 2.07. The largest absolute Gasteiger partial charge is 0.399 e. The molecule has 1 rings (SSSR count). The SMILES string of the molecule is CCC(=O)c1cc(N)ccc1Cl. The van der Waals surface area contributed by atoms with Crippen molar-refractivity contribution in [3.8, 4) is 0 Å². The molecule has 0 aliphatic carbocycles. The fraction of sp³-hybridized carbons (Fsp3) is 0.222. The van der Waals surface area contributed by atoms with E-state index in [1.807, 2.05) is 0 Å². The fourth-order valence-electron chi connectivity index (χ4n) is 0.947. The van der Waals surface area contributed by atoms with Gasteiger partial charge in [-0.05, 0) is 18.2 Å². The maximum atomic E-state index is 11.2. The number of ketones is 1. The summed E-state index contributed by atoms with van der Waals surface area (Å²) in [6.07, 6.45) is 0.448. The predicted octanol–water partition coefficient (Wildman–Crippen LogP) is 2.51. The van der Waals surface area contributed by atoms with Crippen molar-refractivity contribution in [2.75, 3.05) is 5.73 Å². The Morgan fingerprint density at radius 3 is 2.83 bits per heavy atom. The third-order valence-corrected chi connectivity index (χ3v) is 1.94. The molecule has 0 aliphatic heterocycles. The number of benzene rings is 1. The number of carbonyl (C=O) groups is 1. The zero-order chi connectivity index (χ0) is 9.14. The molecule has 3 heteroatoms. The first-order valence-electron chi connectivity index (χ1n) is 3.73. The Bertz CT molecular complexity index is 309. The average molecular weight is 184 g/mol. The Balaban J connectivity index is 3.13. The van der Waals surface area contributed by atoms with Crippen LogP contribution in [0.15, 0.2) is 18.2 Å². The monoisotopic (exact) mass is 183 g/mol. The second-order valence-electron chi connectivity index (χ2n) is 2.52. The second-order valence-corrected chi connectivity index (χ2v) is 2.92. The van der Waals surface area contributed by atoms with Crippen LogP contribution in [0.5, 0.6) is 0 Å². The lowest BCUT2D eigenvalue weighted by Gasteiger charge is -2.01. The maximum absolute atomic E-state index is 11.2. The highest BCUT2D eigenvalue weighted by atomic mass is 35.5. The molecule has 0 bridgehead atoms. The molecule has 0 saturated carbocycles. The molecule has 12 heavy (non-hydrogen) atoms. The smallest absolute Gasteiger partial charge is 0.164 e. The first-order valence-corrected chi connectivity index (χ1v) is 4.11. The summed E-state index contributed by atoms with van der Waals surface area (Å²) in [5.41, 5.74) is 6.59. The molecule has 0 spiro atoms. The van der Waals surface area contributed by atoms with E-state index in [4.69, 9.17) is 17.3 Å². The van der Waals surface area contributed by atoms with Crippen LogP contribution < -0.4 is 5.73 Å². The molecule has 0 unspecified atom stereocenters. The van der Waals surface area contributed by atoms with Crippen LogP contribution in [0.4, 0.5) is 5.69 Å². The number of nitrogen functional groups attached to an aromatic ring is 1. The van der Waals surface area contributed by atoms with Crippen LogP contribution in [0.25, 0.3) is 0 Å². The molecular formula is C9H10ClNO. The summed E-state index contributed by atoms with van der Waals surface area (Å²) in [5.74, 6) is 0.0206. The van der Waals surface area contributed by atoms with Crippen molar-refractivity contribution < 1.29 is 4.79 Å². The lowest BCUT2D eigenvalue weighted by molar-refractivity contribution is 0.0988. The summed E-state index contributed by atoms with van der Waals surface area (Å²) in [5, 5.41) is 0.469.